The van der Waals surface area contributed by atoms with Gasteiger partial charge in [0.05, 0.1) is 16.9 Å². The molecule has 9 heteroatoms. The molecule has 0 aliphatic carbocycles. The lowest BCUT2D eigenvalue weighted by Crippen LogP contribution is -2.29. The predicted molar refractivity (Wildman–Crippen MR) is 154 cm³/mol. The summed E-state index contributed by atoms with van der Waals surface area (Å²) in [5.41, 5.74) is 3.30. The third kappa shape index (κ3) is 5.15. The Bertz CT molecular complexity index is 1600. The molecular weight excluding hydrogens is 508 g/mol. The number of nitriles is 1. The van der Waals surface area contributed by atoms with E-state index in [4.69, 9.17) is 4.98 Å². The van der Waals surface area contributed by atoms with Gasteiger partial charge in [0.1, 0.15) is 29.0 Å². The minimum atomic E-state index is -0.653. The molecule has 2 N–H and O–H groups in total. The number of benzene rings is 2. The van der Waals surface area contributed by atoms with Gasteiger partial charge in [0.2, 0.25) is 0 Å². The van der Waals surface area contributed by atoms with E-state index in [0.29, 0.717) is 28.5 Å². The van der Waals surface area contributed by atoms with Crippen molar-refractivity contribution in [2.75, 3.05) is 42.9 Å². The third-order valence-electron chi connectivity index (χ3n) is 7.68. The van der Waals surface area contributed by atoms with Gasteiger partial charge in [-0.3, -0.25) is 4.57 Å². The van der Waals surface area contributed by atoms with E-state index in [2.05, 4.69) is 32.7 Å². The van der Waals surface area contributed by atoms with Crippen molar-refractivity contribution < 1.29 is 8.78 Å². The summed E-state index contributed by atoms with van der Waals surface area (Å²) in [5.74, 6) is -0.320. The maximum atomic E-state index is 15.8. The highest BCUT2D eigenvalue weighted by molar-refractivity contribution is 5.90. The Balaban J connectivity index is 1.44. The zero-order valence-electron chi connectivity index (χ0n) is 22.2. The number of nitrogens with one attached hydrogen (secondary N) is 2. The van der Waals surface area contributed by atoms with Gasteiger partial charge in [-0.05, 0) is 87.2 Å². The van der Waals surface area contributed by atoms with Crippen LogP contribution in [-0.4, -0.2) is 47.3 Å². The molecule has 1 atom stereocenters. The van der Waals surface area contributed by atoms with Gasteiger partial charge in [0.15, 0.2) is 5.65 Å². The highest BCUT2D eigenvalue weighted by atomic mass is 19.1. The zero-order valence-corrected chi connectivity index (χ0v) is 22.2. The fraction of sp³-hybridized carbons (Fsp3) is 0.323. The van der Waals surface area contributed by atoms with E-state index >= 15 is 4.39 Å². The molecule has 0 radical (unpaired) electrons. The lowest BCUT2D eigenvalue weighted by Gasteiger charge is -2.19. The molecular formula is C31H31F2N7. The van der Waals surface area contributed by atoms with Crippen LogP contribution in [0.1, 0.15) is 31.2 Å². The van der Waals surface area contributed by atoms with Crippen LogP contribution < -0.4 is 15.5 Å². The molecule has 4 aromatic rings. The van der Waals surface area contributed by atoms with Crippen LogP contribution in [0, 0.1) is 28.9 Å². The molecule has 40 heavy (non-hydrogen) atoms. The van der Waals surface area contributed by atoms with Gasteiger partial charge in [0.25, 0.3) is 0 Å². The number of pyridine rings is 1. The largest absolute Gasteiger partial charge is 0.383 e. The molecule has 204 valence electrons. The van der Waals surface area contributed by atoms with Crippen molar-refractivity contribution in [1.82, 2.24) is 19.9 Å². The lowest BCUT2D eigenvalue weighted by molar-refractivity contribution is 0.495. The summed E-state index contributed by atoms with van der Waals surface area (Å²) < 4.78 is 32.2. The highest BCUT2D eigenvalue weighted by Crippen LogP contribution is 2.34. The summed E-state index contributed by atoms with van der Waals surface area (Å²) in [4.78, 5) is 11.6. The molecule has 1 fully saturated rings. The summed E-state index contributed by atoms with van der Waals surface area (Å²) in [6.45, 7) is 4.41. The van der Waals surface area contributed by atoms with Gasteiger partial charge in [-0.25, -0.2) is 18.7 Å². The number of hydrogen-bond acceptors (Lipinski definition) is 6. The second-order valence-electron chi connectivity index (χ2n) is 10.4. The topological polar surface area (TPSA) is 81.8 Å². The lowest BCUT2D eigenvalue weighted by atomic mass is 10.0. The van der Waals surface area contributed by atoms with Crippen LogP contribution in [0.2, 0.25) is 0 Å². The number of aromatic nitrogens is 3. The summed E-state index contributed by atoms with van der Waals surface area (Å²) in [7, 11) is 0. The number of imidazole rings is 1. The Morgan fingerprint density at radius 3 is 2.73 bits per heavy atom. The monoisotopic (exact) mass is 539 g/mol. The second-order valence-corrected chi connectivity index (χ2v) is 10.4. The van der Waals surface area contributed by atoms with E-state index in [9.17, 15) is 9.65 Å². The standard InChI is InChI=1S/C31H31F2N7/c32-25-16-22(7-8-23(25)18-34)30-38-29-27(37-20-21-6-2-1-3-12-35-19-21)11-13-36-31(29)40(30)28-10-9-24(17-26(28)33)39-14-4-5-15-39/h1-2,7-11,13,16-17,21,35H,3-6,12,14-15,19-20H2,(H,36,37). The number of nitrogens with zero attached hydrogens (tertiary/aromatic N) is 5. The van der Waals surface area contributed by atoms with Gasteiger partial charge in [-0.2, -0.15) is 5.26 Å². The van der Waals surface area contributed by atoms with Crippen molar-refractivity contribution in [3.8, 4) is 23.1 Å². The van der Waals surface area contributed by atoms with Crippen molar-refractivity contribution in [2.45, 2.75) is 25.7 Å². The molecule has 1 unspecified atom stereocenters. The molecule has 0 saturated carbocycles. The first-order chi connectivity index (χ1) is 19.6. The first kappa shape index (κ1) is 26.0. The van der Waals surface area contributed by atoms with E-state index in [1.165, 1.54) is 12.1 Å². The van der Waals surface area contributed by atoms with E-state index in [0.717, 1.165) is 69.8 Å². The van der Waals surface area contributed by atoms with Crippen LogP contribution >= 0.6 is 0 Å². The number of anilines is 2. The molecule has 4 heterocycles. The smallest absolute Gasteiger partial charge is 0.167 e. The number of rotatable bonds is 6. The molecule has 1 saturated heterocycles. The van der Waals surface area contributed by atoms with Crippen LogP contribution in [0.15, 0.2) is 60.8 Å². The molecule has 2 aromatic heterocycles. The van der Waals surface area contributed by atoms with Crippen molar-refractivity contribution in [1.29, 1.82) is 5.26 Å². The predicted octanol–water partition coefficient (Wildman–Crippen LogP) is 5.81. The van der Waals surface area contributed by atoms with Crippen molar-refractivity contribution in [3.63, 3.8) is 0 Å². The number of fused-ring (bicyclic) bond motifs is 1. The molecule has 2 aromatic carbocycles. The fourth-order valence-corrected chi connectivity index (χ4v) is 5.52. The quantitative estimate of drug-likeness (QED) is 0.301. The first-order valence-corrected chi connectivity index (χ1v) is 13.8. The molecule has 0 amide bonds. The molecule has 6 rings (SSSR count). The molecule has 2 aliphatic rings. The summed E-state index contributed by atoms with van der Waals surface area (Å²) in [5, 5.41) is 16.2. The van der Waals surface area contributed by atoms with Gasteiger partial charge in [-0.15, -0.1) is 0 Å². The van der Waals surface area contributed by atoms with Crippen LogP contribution in [0.25, 0.3) is 28.2 Å². The van der Waals surface area contributed by atoms with Crippen molar-refractivity contribution in [3.05, 3.63) is 78.0 Å². The second kappa shape index (κ2) is 11.4. The Hall–Kier alpha value is -4.29. The summed E-state index contributed by atoms with van der Waals surface area (Å²) in [6.07, 6.45) is 10.3. The van der Waals surface area contributed by atoms with Crippen LogP contribution in [0.5, 0.6) is 0 Å². The number of allylic oxidation sites excluding steroid dienone is 1. The van der Waals surface area contributed by atoms with E-state index in [1.807, 2.05) is 18.2 Å². The molecule has 7 nitrogen and oxygen atoms in total. The van der Waals surface area contributed by atoms with Gasteiger partial charge < -0.3 is 15.5 Å². The average Bonchev–Trinajstić information content (AvgIpc) is 3.61. The van der Waals surface area contributed by atoms with E-state index in [1.54, 1.807) is 29.0 Å². The Morgan fingerprint density at radius 2 is 1.93 bits per heavy atom. The molecule has 0 spiro atoms. The Labute approximate surface area is 232 Å². The van der Waals surface area contributed by atoms with Gasteiger partial charge in [0, 0.05) is 37.1 Å². The zero-order chi connectivity index (χ0) is 27.5. The van der Waals surface area contributed by atoms with E-state index < -0.39 is 11.6 Å². The number of halogens is 2. The van der Waals surface area contributed by atoms with E-state index in [-0.39, 0.29) is 11.3 Å². The highest BCUT2D eigenvalue weighted by Gasteiger charge is 2.23. The van der Waals surface area contributed by atoms with Crippen LogP contribution in [0.4, 0.5) is 20.2 Å². The first-order valence-electron chi connectivity index (χ1n) is 13.8. The van der Waals surface area contributed by atoms with Crippen molar-refractivity contribution >= 4 is 22.5 Å². The minimum absolute atomic E-state index is 0.0603. The fourth-order valence-electron chi connectivity index (χ4n) is 5.52. The Kier molecular flexibility index (Phi) is 7.43. The number of hydrogen-bond donors (Lipinski definition) is 2. The molecule has 0 bridgehead atoms. The molecule has 2 aliphatic heterocycles. The van der Waals surface area contributed by atoms with Crippen LogP contribution in [-0.2, 0) is 0 Å². The van der Waals surface area contributed by atoms with Gasteiger partial charge in [-0.1, -0.05) is 12.2 Å². The third-order valence-corrected chi connectivity index (χ3v) is 7.68. The normalized spacial score (nSPS) is 17.5. The average molecular weight is 540 g/mol. The Morgan fingerprint density at radius 1 is 1.05 bits per heavy atom. The summed E-state index contributed by atoms with van der Waals surface area (Å²) >= 11 is 0. The maximum absolute atomic E-state index is 15.8. The SMILES string of the molecule is N#Cc1ccc(-c2nc3c(NCC4CC=CCCNC4)ccnc3n2-c2ccc(N3CCCC3)cc2F)cc1F. The van der Waals surface area contributed by atoms with Crippen LogP contribution in [0.3, 0.4) is 0 Å². The van der Waals surface area contributed by atoms with Crippen molar-refractivity contribution in [2.24, 2.45) is 5.92 Å². The maximum Gasteiger partial charge on any atom is 0.167 e. The summed E-state index contributed by atoms with van der Waals surface area (Å²) in [6, 6.07) is 13.2. The minimum Gasteiger partial charge on any atom is -0.383 e. The van der Waals surface area contributed by atoms with Gasteiger partial charge >= 0.3 is 0 Å².